The average molecular weight is 430 g/mol. The predicted octanol–water partition coefficient (Wildman–Crippen LogP) is 4.18. The summed E-state index contributed by atoms with van der Waals surface area (Å²) in [4.78, 5) is 29.1. The summed E-state index contributed by atoms with van der Waals surface area (Å²) < 4.78 is 5.31. The number of rotatable bonds is 7. The Kier molecular flexibility index (Phi) is 9.19. The normalized spacial score (nSPS) is 18.6. The molecule has 0 bridgehead atoms. The minimum Gasteiger partial charge on any atom is -0.449 e. The summed E-state index contributed by atoms with van der Waals surface area (Å²) in [5.74, 6) is 0.390. The Bertz CT molecular complexity index is 706. The number of carbonyl (C=O) groups is 2. The van der Waals surface area contributed by atoms with Crippen molar-refractivity contribution in [1.82, 2.24) is 15.1 Å². The van der Waals surface area contributed by atoms with Gasteiger partial charge in [0, 0.05) is 32.1 Å². The molecule has 2 amide bonds. The standard InChI is InChI=1S/C25H39N3O3/c1-20(2)19-31-25(30)28-15-11-21(12-16-28)24(29)26-17-22-9-5-6-10-23(22)18-27-13-7-3-4-8-14-27/h5-6,9-10,20-21H,3-4,7-8,11-19H2,1-2H3,(H,26,29). The summed E-state index contributed by atoms with van der Waals surface area (Å²) in [6, 6.07) is 8.45. The highest BCUT2D eigenvalue weighted by Gasteiger charge is 2.28. The highest BCUT2D eigenvalue weighted by molar-refractivity contribution is 5.79. The van der Waals surface area contributed by atoms with Gasteiger partial charge in [-0.25, -0.2) is 4.79 Å². The third-order valence-electron chi connectivity index (χ3n) is 6.33. The van der Waals surface area contributed by atoms with Gasteiger partial charge in [-0.1, -0.05) is 51.0 Å². The van der Waals surface area contributed by atoms with Crippen molar-refractivity contribution < 1.29 is 14.3 Å². The van der Waals surface area contributed by atoms with Crippen LogP contribution >= 0.6 is 0 Å². The van der Waals surface area contributed by atoms with E-state index in [4.69, 9.17) is 4.74 Å². The maximum Gasteiger partial charge on any atom is 0.409 e. The van der Waals surface area contributed by atoms with Gasteiger partial charge in [0.05, 0.1) is 6.61 Å². The number of likely N-dealkylation sites (tertiary alicyclic amines) is 2. The largest absolute Gasteiger partial charge is 0.449 e. The Morgan fingerprint density at radius 1 is 1.00 bits per heavy atom. The monoisotopic (exact) mass is 429 g/mol. The maximum atomic E-state index is 12.8. The van der Waals surface area contributed by atoms with Crippen molar-refractivity contribution in [1.29, 1.82) is 0 Å². The van der Waals surface area contributed by atoms with Crippen molar-refractivity contribution in [3.63, 3.8) is 0 Å². The van der Waals surface area contributed by atoms with Crippen molar-refractivity contribution >= 4 is 12.0 Å². The van der Waals surface area contributed by atoms with Crippen LogP contribution in [0.25, 0.3) is 0 Å². The van der Waals surface area contributed by atoms with Crippen LogP contribution in [0.5, 0.6) is 0 Å². The number of hydrogen-bond donors (Lipinski definition) is 1. The van der Waals surface area contributed by atoms with Gasteiger partial charge in [0.15, 0.2) is 0 Å². The first-order valence-corrected chi connectivity index (χ1v) is 12.0. The Labute approximate surface area is 187 Å². The summed E-state index contributed by atoms with van der Waals surface area (Å²) >= 11 is 0. The van der Waals surface area contributed by atoms with Gasteiger partial charge < -0.3 is 15.0 Å². The zero-order valence-corrected chi connectivity index (χ0v) is 19.3. The molecule has 2 aliphatic heterocycles. The summed E-state index contributed by atoms with van der Waals surface area (Å²) in [6.45, 7) is 9.52. The van der Waals surface area contributed by atoms with Crippen LogP contribution in [0, 0.1) is 11.8 Å². The zero-order chi connectivity index (χ0) is 22.1. The molecule has 0 unspecified atom stereocenters. The highest BCUT2D eigenvalue weighted by atomic mass is 16.6. The van der Waals surface area contributed by atoms with Gasteiger partial charge in [0.1, 0.15) is 0 Å². The molecule has 0 aromatic heterocycles. The second-order valence-corrected chi connectivity index (χ2v) is 9.41. The predicted molar refractivity (Wildman–Crippen MR) is 123 cm³/mol. The third kappa shape index (κ3) is 7.53. The molecule has 2 saturated heterocycles. The van der Waals surface area contributed by atoms with Crippen molar-refractivity contribution in [2.75, 3.05) is 32.8 Å². The van der Waals surface area contributed by atoms with E-state index in [1.54, 1.807) is 4.90 Å². The molecule has 6 nitrogen and oxygen atoms in total. The Balaban J connectivity index is 1.45. The van der Waals surface area contributed by atoms with Gasteiger partial charge in [-0.15, -0.1) is 0 Å². The van der Waals surface area contributed by atoms with E-state index in [9.17, 15) is 9.59 Å². The van der Waals surface area contributed by atoms with E-state index in [0.29, 0.717) is 45.0 Å². The van der Waals surface area contributed by atoms with Gasteiger partial charge in [0.2, 0.25) is 5.91 Å². The second kappa shape index (κ2) is 12.1. The van der Waals surface area contributed by atoms with Gasteiger partial charge in [-0.3, -0.25) is 9.69 Å². The fraction of sp³-hybridized carbons (Fsp3) is 0.680. The molecule has 1 aromatic rings. The highest BCUT2D eigenvalue weighted by Crippen LogP contribution is 2.20. The van der Waals surface area contributed by atoms with Crippen LogP contribution in [0.2, 0.25) is 0 Å². The van der Waals surface area contributed by atoms with Gasteiger partial charge in [-0.2, -0.15) is 0 Å². The third-order valence-corrected chi connectivity index (χ3v) is 6.33. The van der Waals surface area contributed by atoms with Crippen molar-refractivity contribution in [3.8, 4) is 0 Å². The Morgan fingerprint density at radius 2 is 1.65 bits per heavy atom. The molecule has 0 radical (unpaired) electrons. The SMILES string of the molecule is CC(C)COC(=O)N1CCC(C(=O)NCc2ccccc2CN2CCCCCC2)CC1. The lowest BCUT2D eigenvalue weighted by Gasteiger charge is -2.31. The van der Waals surface area contributed by atoms with Crippen molar-refractivity contribution in [3.05, 3.63) is 35.4 Å². The molecule has 2 heterocycles. The molecule has 172 valence electrons. The van der Waals surface area contributed by atoms with Crippen LogP contribution in [0.3, 0.4) is 0 Å². The zero-order valence-electron chi connectivity index (χ0n) is 19.3. The smallest absolute Gasteiger partial charge is 0.409 e. The molecule has 1 N–H and O–H groups in total. The average Bonchev–Trinajstić information content (AvgIpc) is 3.05. The van der Waals surface area contributed by atoms with Gasteiger partial charge >= 0.3 is 6.09 Å². The summed E-state index contributed by atoms with van der Waals surface area (Å²) in [7, 11) is 0. The first kappa shape index (κ1) is 23.6. The summed E-state index contributed by atoms with van der Waals surface area (Å²) in [5, 5.41) is 3.15. The second-order valence-electron chi connectivity index (χ2n) is 9.41. The van der Waals surface area contributed by atoms with Gasteiger partial charge in [0.25, 0.3) is 0 Å². The molecule has 31 heavy (non-hydrogen) atoms. The molecule has 0 atom stereocenters. The van der Waals surface area contributed by atoms with Crippen LogP contribution in [0.15, 0.2) is 24.3 Å². The van der Waals surface area contributed by atoms with Crippen LogP contribution in [-0.4, -0.2) is 54.6 Å². The van der Waals surface area contributed by atoms with E-state index in [0.717, 1.165) is 6.54 Å². The van der Waals surface area contributed by atoms with Crippen LogP contribution in [0.1, 0.15) is 63.5 Å². The number of hydrogen-bond acceptors (Lipinski definition) is 4. The molecule has 1 aromatic carbocycles. The molecule has 2 fully saturated rings. The quantitative estimate of drug-likeness (QED) is 0.706. The topological polar surface area (TPSA) is 61.9 Å². The summed E-state index contributed by atoms with van der Waals surface area (Å²) in [6.07, 6.45) is 6.36. The van der Waals surface area contributed by atoms with Crippen LogP contribution in [-0.2, 0) is 22.6 Å². The molecule has 3 rings (SSSR count). The molecule has 0 spiro atoms. The van der Waals surface area contributed by atoms with Crippen molar-refractivity contribution in [2.45, 2.75) is 65.5 Å². The van der Waals surface area contributed by atoms with E-state index in [-0.39, 0.29) is 17.9 Å². The number of piperidine rings is 1. The number of nitrogens with zero attached hydrogens (tertiary/aromatic N) is 2. The number of benzene rings is 1. The minimum atomic E-state index is -0.255. The Morgan fingerprint density at radius 3 is 2.29 bits per heavy atom. The Hall–Kier alpha value is -2.08. The maximum absolute atomic E-state index is 12.8. The lowest BCUT2D eigenvalue weighted by molar-refractivity contribution is -0.126. The van der Waals surface area contributed by atoms with Crippen LogP contribution < -0.4 is 5.32 Å². The van der Waals surface area contributed by atoms with E-state index in [1.165, 1.54) is 49.9 Å². The molecular weight excluding hydrogens is 390 g/mol. The summed E-state index contributed by atoms with van der Waals surface area (Å²) in [5.41, 5.74) is 2.52. The molecular formula is C25H39N3O3. The fourth-order valence-corrected chi connectivity index (χ4v) is 4.40. The first-order valence-electron chi connectivity index (χ1n) is 12.0. The number of ether oxygens (including phenoxy) is 1. The van der Waals surface area contributed by atoms with E-state index in [1.807, 2.05) is 13.8 Å². The van der Waals surface area contributed by atoms with Crippen molar-refractivity contribution in [2.24, 2.45) is 11.8 Å². The molecule has 0 aliphatic carbocycles. The molecule has 2 aliphatic rings. The van der Waals surface area contributed by atoms with E-state index in [2.05, 4.69) is 34.5 Å². The van der Waals surface area contributed by atoms with Crippen LogP contribution in [0.4, 0.5) is 4.79 Å². The molecule has 0 saturated carbocycles. The number of carbonyl (C=O) groups excluding carboxylic acids is 2. The minimum absolute atomic E-state index is 0.0353. The molecule has 6 heteroatoms. The fourth-order valence-electron chi connectivity index (χ4n) is 4.40. The van der Waals surface area contributed by atoms with E-state index >= 15 is 0 Å². The lowest BCUT2D eigenvalue weighted by atomic mass is 9.96. The number of amides is 2. The van der Waals surface area contributed by atoms with Gasteiger partial charge in [-0.05, 0) is 55.8 Å². The lowest BCUT2D eigenvalue weighted by Crippen LogP contribution is -2.43. The van der Waals surface area contributed by atoms with E-state index < -0.39 is 0 Å². The first-order chi connectivity index (χ1) is 15.0. The number of nitrogens with one attached hydrogen (secondary N) is 1.